The molecular weight excluding hydrogens is 374 g/mol. The SMILES string of the molecule is O=C(Cc1c(F)cccc1Cl)NCC(c1ccccc1Cl)N1CCCC1. The summed E-state index contributed by atoms with van der Waals surface area (Å²) in [6, 6.07) is 12.1. The van der Waals surface area contributed by atoms with Crippen LogP contribution in [0.2, 0.25) is 10.0 Å². The van der Waals surface area contributed by atoms with Crippen molar-refractivity contribution >= 4 is 29.1 Å². The molecule has 1 atom stereocenters. The Kier molecular flexibility index (Phi) is 6.52. The molecule has 3 rings (SSSR count). The molecule has 138 valence electrons. The van der Waals surface area contributed by atoms with Crippen molar-refractivity contribution < 1.29 is 9.18 Å². The Morgan fingerprint density at radius 1 is 1.08 bits per heavy atom. The van der Waals surface area contributed by atoms with Gasteiger partial charge in [0.1, 0.15) is 5.82 Å². The lowest BCUT2D eigenvalue weighted by Crippen LogP contribution is -2.37. The largest absolute Gasteiger partial charge is 0.354 e. The molecule has 3 nitrogen and oxygen atoms in total. The summed E-state index contributed by atoms with van der Waals surface area (Å²) in [6.07, 6.45) is 2.19. The molecule has 1 amide bonds. The molecule has 1 saturated heterocycles. The van der Waals surface area contributed by atoms with Crippen LogP contribution in [0, 0.1) is 5.82 Å². The van der Waals surface area contributed by atoms with E-state index in [9.17, 15) is 9.18 Å². The summed E-state index contributed by atoms with van der Waals surface area (Å²) < 4.78 is 13.9. The van der Waals surface area contributed by atoms with Gasteiger partial charge in [-0.05, 0) is 49.7 Å². The lowest BCUT2D eigenvalue weighted by atomic mass is 10.0. The fourth-order valence-corrected chi connectivity index (χ4v) is 3.86. The number of benzene rings is 2. The van der Waals surface area contributed by atoms with Gasteiger partial charge >= 0.3 is 0 Å². The van der Waals surface area contributed by atoms with Gasteiger partial charge in [0, 0.05) is 22.2 Å². The zero-order valence-electron chi connectivity index (χ0n) is 14.4. The third-order valence-corrected chi connectivity index (χ3v) is 5.44. The molecule has 1 aliphatic rings. The first-order valence-corrected chi connectivity index (χ1v) is 9.50. The summed E-state index contributed by atoms with van der Waals surface area (Å²) in [6.45, 7) is 2.38. The van der Waals surface area contributed by atoms with Crippen LogP contribution in [0.5, 0.6) is 0 Å². The number of carbonyl (C=O) groups is 1. The summed E-state index contributed by atoms with van der Waals surface area (Å²) in [5.41, 5.74) is 1.22. The fourth-order valence-electron chi connectivity index (χ4n) is 3.37. The summed E-state index contributed by atoms with van der Waals surface area (Å²) in [5, 5.41) is 3.88. The number of nitrogens with one attached hydrogen (secondary N) is 1. The predicted octanol–water partition coefficient (Wildman–Crippen LogP) is 4.63. The van der Waals surface area contributed by atoms with Gasteiger partial charge in [0.25, 0.3) is 0 Å². The van der Waals surface area contributed by atoms with Crippen LogP contribution in [0.25, 0.3) is 0 Å². The molecule has 0 saturated carbocycles. The van der Waals surface area contributed by atoms with E-state index in [4.69, 9.17) is 23.2 Å². The first-order chi connectivity index (χ1) is 12.6. The van der Waals surface area contributed by atoms with E-state index in [1.807, 2.05) is 24.3 Å². The highest BCUT2D eigenvalue weighted by molar-refractivity contribution is 6.31. The third kappa shape index (κ3) is 4.56. The lowest BCUT2D eigenvalue weighted by Gasteiger charge is -2.29. The highest BCUT2D eigenvalue weighted by Gasteiger charge is 2.25. The predicted molar refractivity (Wildman–Crippen MR) is 103 cm³/mol. The Balaban J connectivity index is 1.70. The fraction of sp³-hybridized carbons (Fsp3) is 0.350. The minimum atomic E-state index is -0.463. The maximum Gasteiger partial charge on any atom is 0.224 e. The van der Waals surface area contributed by atoms with Crippen LogP contribution in [-0.4, -0.2) is 30.4 Å². The summed E-state index contributed by atoms with van der Waals surface area (Å²) in [4.78, 5) is 14.7. The second-order valence-corrected chi connectivity index (χ2v) is 7.28. The molecule has 2 aromatic rings. The van der Waals surface area contributed by atoms with E-state index in [2.05, 4.69) is 10.2 Å². The Bertz CT molecular complexity index is 758. The number of hydrogen-bond acceptors (Lipinski definition) is 2. The second kappa shape index (κ2) is 8.85. The summed E-state index contributed by atoms with van der Waals surface area (Å²) in [7, 11) is 0. The van der Waals surface area contributed by atoms with Gasteiger partial charge in [-0.2, -0.15) is 0 Å². The van der Waals surface area contributed by atoms with E-state index in [0.717, 1.165) is 31.5 Å². The van der Waals surface area contributed by atoms with Gasteiger partial charge < -0.3 is 5.32 Å². The first-order valence-electron chi connectivity index (χ1n) is 8.74. The van der Waals surface area contributed by atoms with Gasteiger partial charge in [0.05, 0.1) is 12.5 Å². The summed E-state index contributed by atoms with van der Waals surface area (Å²) in [5.74, 6) is -0.719. The van der Waals surface area contributed by atoms with Gasteiger partial charge in [-0.25, -0.2) is 4.39 Å². The second-order valence-electron chi connectivity index (χ2n) is 6.46. The smallest absolute Gasteiger partial charge is 0.224 e. The maximum absolute atomic E-state index is 13.9. The van der Waals surface area contributed by atoms with E-state index in [-0.39, 0.29) is 29.0 Å². The normalized spacial score (nSPS) is 15.8. The monoisotopic (exact) mass is 394 g/mol. The maximum atomic E-state index is 13.9. The molecule has 26 heavy (non-hydrogen) atoms. The van der Waals surface area contributed by atoms with Crippen LogP contribution >= 0.6 is 23.2 Å². The van der Waals surface area contributed by atoms with Crippen LogP contribution in [0.4, 0.5) is 4.39 Å². The Labute approximate surface area is 163 Å². The molecule has 1 fully saturated rings. The molecule has 1 heterocycles. The van der Waals surface area contributed by atoms with Gasteiger partial charge in [-0.3, -0.25) is 9.69 Å². The average Bonchev–Trinajstić information content (AvgIpc) is 3.14. The van der Waals surface area contributed by atoms with Gasteiger partial charge in [-0.15, -0.1) is 0 Å². The summed E-state index contributed by atoms with van der Waals surface area (Å²) >= 11 is 12.4. The topological polar surface area (TPSA) is 32.3 Å². The quantitative estimate of drug-likeness (QED) is 0.774. The van der Waals surface area contributed by atoms with Crippen molar-refractivity contribution in [2.45, 2.75) is 25.3 Å². The molecule has 1 unspecified atom stereocenters. The highest BCUT2D eigenvalue weighted by Crippen LogP contribution is 2.29. The standard InChI is InChI=1S/C20H21Cl2FN2O/c21-16-7-2-1-6-14(16)19(25-10-3-4-11-25)13-24-20(26)12-15-17(22)8-5-9-18(15)23/h1-2,5-9,19H,3-4,10-13H2,(H,24,26). The average molecular weight is 395 g/mol. The van der Waals surface area contributed by atoms with Gasteiger partial charge in [0.2, 0.25) is 5.91 Å². The van der Waals surface area contributed by atoms with E-state index >= 15 is 0 Å². The van der Waals surface area contributed by atoms with Crippen molar-refractivity contribution in [1.82, 2.24) is 10.2 Å². The number of halogens is 3. The molecule has 0 bridgehead atoms. The number of hydrogen-bond donors (Lipinski definition) is 1. The molecule has 0 aromatic heterocycles. The zero-order chi connectivity index (χ0) is 18.5. The minimum absolute atomic E-state index is 0.00578. The van der Waals surface area contributed by atoms with Gasteiger partial charge in [-0.1, -0.05) is 47.5 Å². The van der Waals surface area contributed by atoms with E-state index in [1.54, 1.807) is 6.07 Å². The highest BCUT2D eigenvalue weighted by atomic mass is 35.5. The molecule has 0 radical (unpaired) electrons. The van der Waals surface area contributed by atoms with Gasteiger partial charge in [0.15, 0.2) is 0 Å². The number of amides is 1. The van der Waals surface area contributed by atoms with E-state index < -0.39 is 5.82 Å². The van der Waals surface area contributed by atoms with E-state index in [0.29, 0.717) is 11.6 Å². The van der Waals surface area contributed by atoms with Crippen molar-refractivity contribution in [3.05, 3.63) is 69.5 Å². The third-order valence-electron chi connectivity index (χ3n) is 4.74. The Morgan fingerprint density at radius 3 is 2.46 bits per heavy atom. The number of rotatable bonds is 6. The van der Waals surface area contributed by atoms with Crippen LogP contribution in [0.1, 0.15) is 30.0 Å². The van der Waals surface area contributed by atoms with Crippen molar-refractivity contribution in [2.75, 3.05) is 19.6 Å². The van der Waals surface area contributed by atoms with Crippen molar-refractivity contribution in [2.24, 2.45) is 0 Å². The molecule has 0 spiro atoms. The van der Waals surface area contributed by atoms with Crippen LogP contribution in [-0.2, 0) is 11.2 Å². The molecule has 2 aromatic carbocycles. The van der Waals surface area contributed by atoms with Crippen LogP contribution in [0.15, 0.2) is 42.5 Å². The first kappa shape index (κ1) is 19.2. The Hall–Kier alpha value is -1.62. The zero-order valence-corrected chi connectivity index (χ0v) is 15.9. The van der Waals surface area contributed by atoms with E-state index in [1.165, 1.54) is 12.1 Å². The number of nitrogens with zero attached hydrogens (tertiary/aromatic N) is 1. The van der Waals surface area contributed by atoms with Crippen molar-refractivity contribution in [3.63, 3.8) is 0 Å². The molecule has 1 N–H and O–H groups in total. The van der Waals surface area contributed by atoms with Crippen molar-refractivity contribution in [3.8, 4) is 0 Å². The van der Waals surface area contributed by atoms with Crippen LogP contribution < -0.4 is 5.32 Å². The van der Waals surface area contributed by atoms with Crippen molar-refractivity contribution in [1.29, 1.82) is 0 Å². The molecule has 1 aliphatic heterocycles. The minimum Gasteiger partial charge on any atom is -0.354 e. The number of carbonyl (C=O) groups excluding carboxylic acids is 1. The number of likely N-dealkylation sites (tertiary alicyclic amines) is 1. The Morgan fingerprint density at radius 2 is 1.77 bits per heavy atom. The molecular formula is C20H21Cl2FN2O. The van der Waals surface area contributed by atoms with Crippen LogP contribution in [0.3, 0.4) is 0 Å². The lowest BCUT2D eigenvalue weighted by molar-refractivity contribution is -0.120. The molecule has 0 aliphatic carbocycles. The molecule has 6 heteroatoms.